The molecule has 4 nitrogen and oxygen atoms in total. The quantitative estimate of drug-likeness (QED) is 0.344. The Labute approximate surface area is 131 Å². The van der Waals surface area contributed by atoms with Crippen molar-refractivity contribution in [3.8, 4) is 0 Å². The van der Waals surface area contributed by atoms with E-state index in [1.54, 1.807) is 11.3 Å². The van der Waals surface area contributed by atoms with Crippen molar-refractivity contribution in [1.29, 1.82) is 0 Å². The van der Waals surface area contributed by atoms with E-state index in [1.165, 1.54) is 0 Å². The van der Waals surface area contributed by atoms with Gasteiger partial charge < -0.3 is 11.1 Å². The van der Waals surface area contributed by atoms with Gasteiger partial charge in [-0.25, -0.2) is 9.98 Å². The lowest BCUT2D eigenvalue weighted by molar-refractivity contribution is 0.747. The van der Waals surface area contributed by atoms with Crippen molar-refractivity contribution in [2.24, 2.45) is 10.7 Å². The molecule has 0 unspecified atom stereocenters. The zero-order valence-electron chi connectivity index (χ0n) is 11.3. The van der Waals surface area contributed by atoms with Gasteiger partial charge in [0.2, 0.25) is 0 Å². The molecule has 0 bridgehead atoms. The predicted molar refractivity (Wildman–Crippen MR) is 89.9 cm³/mol. The van der Waals surface area contributed by atoms with Gasteiger partial charge in [-0.1, -0.05) is 27.2 Å². The molecule has 3 N–H and O–H groups in total. The Hall–Kier alpha value is -0.370. The number of nitrogens with two attached hydrogens (primary N) is 1. The molecule has 0 atom stereocenters. The van der Waals surface area contributed by atoms with Gasteiger partial charge >= 0.3 is 0 Å². The highest BCUT2D eigenvalue weighted by atomic mass is 127. The van der Waals surface area contributed by atoms with E-state index in [9.17, 15) is 0 Å². The minimum atomic E-state index is 0. The van der Waals surface area contributed by atoms with Crippen molar-refractivity contribution in [2.45, 2.75) is 46.1 Å². The number of hydrogen-bond acceptors (Lipinski definition) is 3. The summed E-state index contributed by atoms with van der Waals surface area (Å²) in [6, 6.07) is 0. The molecule has 104 valence electrons. The first-order valence-corrected chi connectivity index (χ1v) is 6.99. The van der Waals surface area contributed by atoms with E-state index in [1.807, 2.05) is 0 Å². The summed E-state index contributed by atoms with van der Waals surface area (Å²) >= 11 is 1.65. The van der Waals surface area contributed by atoms with Crippen LogP contribution < -0.4 is 11.1 Å². The molecule has 0 aliphatic heterocycles. The standard InChI is InChI=1S/C12H22N4S.HI/c1-4-5-6-14-12(13)15-7-11-16-10(8-17-11)9(2)3;/h8-9H,4-7H2,1-3H3,(H3,13,14,15);1H. The SMILES string of the molecule is CCCCNC(N)=NCc1nc(C(C)C)cs1.I. The predicted octanol–water partition coefficient (Wildman–Crippen LogP) is 3.09. The maximum absolute atomic E-state index is 5.74. The van der Waals surface area contributed by atoms with Gasteiger partial charge in [0.1, 0.15) is 5.01 Å². The van der Waals surface area contributed by atoms with Crippen molar-refractivity contribution in [3.63, 3.8) is 0 Å². The molecule has 0 spiro atoms. The summed E-state index contributed by atoms with van der Waals surface area (Å²) in [7, 11) is 0. The number of aliphatic imine (C=N–C) groups is 1. The summed E-state index contributed by atoms with van der Waals surface area (Å²) in [6.45, 7) is 7.90. The van der Waals surface area contributed by atoms with Gasteiger partial charge in [-0.05, 0) is 12.3 Å². The molecule has 0 aliphatic rings. The fourth-order valence-corrected chi connectivity index (χ4v) is 2.14. The van der Waals surface area contributed by atoms with Crippen LogP contribution in [-0.2, 0) is 6.54 Å². The fraction of sp³-hybridized carbons (Fsp3) is 0.667. The van der Waals surface area contributed by atoms with Crippen molar-refractivity contribution >= 4 is 41.3 Å². The van der Waals surface area contributed by atoms with E-state index in [-0.39, 0.29) is 24.0 Å². The van der Waals surface area contributed by atoms with Gasteiger partial charge in [0.15, 0.2) is 5.96 Å². The largest absolute Gasteiger partial charge is 0.370 e. The number of nitrogens with zero attached hydrogens (tertiary/aromatic N) is 2. The topological polar surface area (TPSA) is 63.3 Å². The zero-order chi connectivity index (χ0) is 12.7. The number of rotatable bonds is 6. The number of halogens is 1. The lowest BCUT2D eigenvalue weighted by Crippen LogP contribution is -2.32. The van der Waals surface area contributed by atoms with E-state index in [0.717, 1.165) is 30.1 Å². The van der Waals surface area contributed by atoms with E-state index >= 15 is 0 Å². The third-order valence-electron chi connectivity index (χ3n) is 2.38. The summed E-state index contributed by atoms with van der Waals surface area (Å²) in [4.78, 5) is 8.78. The first-order chi connectivity index (χ1) is 8.13. The summed E-state index contributed by atoms with van der Waals surface area (Å²) in [6.07, 6.45) is 2.27. The first-order valence-electron chi connectivity index (χ1n) is 6.11. The Morgan fingerprint density at radius 2 is 2.28 bits per heavy atom. The monoisotopic (exact) mass is 382 g/mol. The first kappa shape index (κ1) is 17.6. The van der Waals surface area contributed by atoms with E-state index in [0.29, 0.717) is 18.4 Å². The van der Waals surface area contributed by atoms with Gasteiger partial charge in [-0.2, -0.15) is 0 Å². The van der Waals surface area contributed by atoms with Crippen LogP contribution in [0.2, 0.25) is 0 Å². The molecule has 0 aromatic carbocycles. The smallest absolute Gasteiger partial charge is 0.189 e. The van der Waals surface area contributed by atoms with Crippen LogP contribution in [-0.4, -0.2) is 17.5 Å². The number of guanidine groups is 1. The van der Waals surface area contributed by atoms with Crippen LogP contribution in [0.4, 0.5) is 0 Å². The molecule has 0 saturated heterocycles. The number of unbranched alkanes of at least 4 members (excludes halogenated alkanes) is 1. The number of hydrogen-bond donors (Lipinski definition) is 2. The van der Waals surface area contributed by atoms with Crippen molar-refractivity contribution in [1.82, 2.24) is 10.3 Å². The Bertz CT molecular complexity index is 363. The van der Waals surface area contributed by atoms with Crippen LogP contribution in [0.15, 0.2) is 10.4 Å². The second kappa shape index (κ2) is 9.55. The summed E-state index contributed by atoms with van der Waals surface area (Å²) in [5.41, 5.74) is 6.88. The molecule has 1 heterocycles. The lowest BCUT2D eigenvalue weighted by atomic mass is 10.2. The van der Waals surface area contributed by atoms with Crippen molar-refractivity contribution < 1.29 is 0 Å². The molecule has 1 aromatic rings. The molecule has 18 heavy (non-hydrogen) atoms. The molecular weight excluding hydrogens is 359 g/mol. The Kier molecular flexibility index (Phi) is 9.35. The van der Waals surface area contributed by atoms with Crippen LogP contribution in [0, 0.1) is 0 Å². The molecular formula is C12H23IN4S. The Balaban J connectivity index is 0.00000289. The molecule has 1 rings (SSSR count). The van der Waals surface area contributed by atoms with Crippen molar-refractivity contribution in [2.75, 3.05) is 6.54 Å². The molecule has 0 saturated carbocycles. The summed E-state index contributed by atoms with van der Waals surface area (Å²) < 4.78 is 0. The molecule has 0 radical (unpaired) electrons. The molecule has 0 amide bonds. The average Bonchev–Trinajstić information content (AvgIpc) is 2.75. The number of thiazole rings is 1. The summed E-state index contributed by atoms with van der Waals surface area (Å²) in [5.74, 6) is 0.990. The minimum Gasteiger partial charge on any atom is -0.370 e. The van der Waals surface area contributed by atoms with Crippen LogP contribution in [0.5, 0.6) is 0 Å². The fourth-order valence-electron chi connectivity index (χ4n) is 1.26. The highest BCUT2D eigenvalue weighted by Crippen LogP contribution is 2.18. The normalized spacial score (nSPS) is 11.4. The van der Waals surface area contributed by atoms with Crippen LogP contribution in [0.25, 0.3) is 0 Å². The van der Waals surface area contributed by atoms with E-state index in [4.69, 9.17) is 5.73 Å². The minimum absolute atomic E-state index is 0. The Morgan fingerprint density at radius 1 is 1.56 bits per heavy atom. The maximum Gasteiger partial charge on any atom is 0.189 e. The van der Waals surface area contributed by atoms with Crippen molar-refractivity contribution in [3.05, 3.63) is 16.1 Å². The average molecular weight is 382 g/mol. The second-order valence-electron chi connectivity index (χ2n) is 4.30. The molecule has 0 aliphatic carbocycles. The highest BCUT2D eigenvalue weighted by molar-refractivity contribution is 14.0. The van der Waals surface area contributed by atoms with E-state index < -0.39 is 0 Å². The number of nitrogens with one attached hydrogen (secondary N) is 1. The molecule has 6 heteroatoms. The maximum atomic E-state index is 5.74. The van der Waals surface area contributed by atoms with Crippen LogP contribution in [0.1, 0.15) is 50.2 Å². The molecule has 1 aromatic heterocycles. The van der Waals surface area contributed by atoms with Gasteiger partial charge in [0.05, 0.1) is 12.2 Å². The van der Waals surface area contributed by atoms with Gasteiger partial charge in [-0.3, -0.25) is 0 Å². The second-order valence-corrected chi connectivity index (χ2v) is 5.25. The highest BCUT2D eigenvalue weighted by Gasteiger charge is 2.04. The van der Waals surface area contributed by atoms with Gasteiger partial charge in [-0.15, -0.1) is 35.3 Å². The summed E-state index contributed by atoms with van der Waals surface area (Å²) in [5, 5.41) is 6.20. The van der Waals surface area contributed by atoms with Crippen LogP contribution in [0.3, 0.4) is 0 Å². The third kappa shape index (κ3) is 6.53. The Morgan fingerprint density at radius 3 is 2.83 bits per heavy atom. The lowest BCUT2D eigenvalue weighted by Gasteiger charge is -2.03. The van der Waals surface area contributed by atoms with Gasteiger partial charge in [0.25, 0.3) is 0 Å². The van der Waals surface area contributed by atoms with Gasteiger partial charge in [0, 0.05) is 11.9 Å². The third-order valence-corrected chi connectivity index (χ3v) is 3.23. The number of aromatic nitrogens is 1. The van der Waals surface area contributed by atoms with Crippen LogP contribution >= 0.6 is 35.3 Å². The van der Waals surface area contributed by atoms with E-state index in [2.05, 4.69) is 41.4 Å². The zero-order valence-corrected chi connectivity index (χ0v) is 14.4. The molecule has 0 fully saturated rings.